The van der Waals surface area contributed by atoms with Crippen molar-refractivity contribution >= 4 is 11.9 Å². The number of aliphatic hydroxyl groups excluding tert-OH is 1. The summed E-state index contributed by atoms with van der Waals surface area (Å²) in [6.07, 6.45) is 1.66. The molecule has 88 valence electrons. The van der Waals surface area contributed by atoms with Crippen LogP contribution >= 0.6 is 0 Å². The van der Waals surface area contributed by atoms with Crippen molar-refractivity contribution in [1.29, 1.82) is 0 Å². The van der Waals surface area contributed by atoms with Gasteiger partial charge in [0, 0.05) is 18.9 Å². The molecular formula is C10H19NO4. The van der Waals surface area contributed by atoms with Gasteiger partial charge in [-0.15, -0.1) is 0 Å². The molecule has 0 rings (SSSR count). The van der Waals surface area contributed by atoms with Crippen molar-refractivity contribution in [3.8, 4) is 0 Å². The highest BCUT2D eigenvalue weighted by atomic mass is 16.4. The number of nitrogens with one attached hydrogen (secondary N) is 1. The summed E-state index contributed by atoms with van der Waals surface area (Å²) in [6.45, 7) is 3.47. The van der Waals surface area contributed by atoms with Crippen LogP contribution in [0, 0.1) is 5.92 Å². The monoisotopic (exact) mass is 217 g/mol. The van der Waals surface area contributed by atoms with Gasteiger partial charge >= 0.3 is 5.97 Å². The van der Waals surface area contributed by atoms with Gasteiger partial charge < -0.3 is 15.5 Å². The van der Waals surface area contributed by atoms with Gasteiger partial charge in [-0.3, -0.25) is 4.79 Å². The lowest BCUT2D eigenvalue weighted by Crippen LogP contribution is -2.43. The number of amides is 1. The third-order valence-electron chi connectivity index (χ3n) is 2.20. The first-order valence-electron chi connectivity index (χ1n) is 5.17. The molecule has 5 heteroatoms. The number of aliphatic hydroxyl groups is 1. The van der Waals surface area contributed by atoms with Gasteiger partial charge in [0.25, 0.3) is 0 Å². The number of carbonyl (C=O) groups excluding carboxylic acids is 1. The molecule has 0 heterocycles. The van der Waals surface area contributed by atoms with Crippen LogP contribution in [-0.4, -0.2) is 34.7 Å². The quantitative estimate of drug-likeness (QED) is 0.575. The fourth-order valence-corrected chi connectivity index (χ4v) is 1.26. The van der Waals surface area contributed by atoms with E-state index in [0.717, 1.165) is 12.8 Å². The molecule has 2 atom stereocenters. The predicted octanol–water partition coefficient (Wildman–Crippen LogP) is 0.374. The van der Waals surface area contributed by atoms with E-state index in [1.54, 1.807) is 6.92 Å². The van der Waals surface area contributed by atoms with Gasteiger partial charge in [0.2, 0.25) is 5.91 Å². The zero-order chi connectivity index (χ0) is 11.8. The molecular weight excluding hydrogens is 198 g/mol. The van der Waals surface area contributed by atoms with Gasteiger partial charge in [-0.05, 0) is 6.42 Å². The summed E-state index contributed by atoms with van der Waals surface area (Å²) < 4.78 is 0. The molecule has 0 aromatic heterocycles. The number of carbonyl (C=O) groups is 2. The molecule has 0 aromatic rings. The topological polar surface area (TPSA) is 86.6 Å². The normalized spacial score (nSPS) is 14.3. The summed E-state index contributed by atoms with van der Waals surface area (Å²) in [5.74, 6) is -1.56. The Labute approximate surface area is 89.5 Å². The number of hydrogen-bond donors (Lipinski definition) is 3. The van der Waals surface area contributed by atoms with Gasteiger partial charge in [-0.2, -0.15) is 0 Å². The van der Waals surface area contributed by atoms with Gasteiger partial charge in [0.15, 0.2) is 0 Å². The predicted molar refractivity (Wildman–Crippen MR) is 55.3 cm³/mol. The number of carboxylic acid groups (broad SMARTS) is 1. The highest BCUT2D eigenvalue weighted by molar-refractivity contribution is 5.84. The third kappa shape index (κ3) is 5.37. The second-order valence-corrected chi connectivity index (χ2v) is 3.60. The molecule has 3 N–H and O–H groups in total. The molecule has 0 fully saturated rings. The maximum absolute atomic E-state index is 11.5. The number of rotatable bonds is 7. The first-order chi connectivity index (χ1) is 7.02. The maximum Gasteiger partial charge on any atom is 0.326 e. The van der Waals surface area contributed by atoms with Crippen LogP contribution < -0.4 is 5.32 Å². The standard InChI is InChI=1S/C10H19NO4/c1-3-4-7(2)9(13)11-8(5-6-12)10(14)15/h7-8,12H,3-6H2,1-2H3,(H,11,13)(H,14,15)/t7?,8-/m0/s1. The maximum atomic E-state index is 11.5. The molecule has 1 unspecified atom stereocenters. The minimum absolute atomic E-state index is 0.0416. The zero-order valence-electron chi connectivity index (χ0n) is 9.19. The van der Waals surface area contributed by atoms with Crippen molar-refractivity contribution < 1.29 is 19.8 Å². The highest BCUT2D eigenvalue weighted by Gasteiger charge is 2.21. The minimum Gasteiger partial charge on any atom is -0.480 e. The molecule has 0 spiro atoms. The lowest BCUT2D eigenvalue weighted by molar-refractivity contribution is -0.142. The van der Waals surface area contributed by atoms with Gasteiger partial charge in [0.1, 0.15) is 6.04 Å². The lowest BCUT2D eigenvalue weighted by Gasteiger charge is -2.16. The molecule has 0 aromatic carbocycles. The second kappa shape index (κ2) is 7.23. The summed E-state index contributed by atoms with van der Waals surface area (Å²) in [5, 5.41) is 19.8. The number of aliphatic carboxylic acids is 1. The molecule has 0 saturated heterocycles. The molecule has 0 saturated carbocycles. The summed E-state index contributed by atoms with van der Waals surface area (Å²) in [6, 6.07) is -0.984. The molecule has 1 amide bonds. The summed E-state index contributed by atoms with van der Waals surface area (Å²) >= 11 is 0. The molecule has 0 radical (unpaired) electrons. The van der Waals surface area contributed by atoms with Crippen LogP contribution in [0.3, 0.4) is 0 Å². The van der Waals surface area contributed by atoms with Crippen molar-refractivity contribution in [3.05, 3.63) is 0 Å². The van der Waals surface area contributed by atoms with E-state index in [1.165, 1.54) is 0 Å². The SMILES string of the molecule is CCCC(C)C(=O)N[C@@H](CCO)C(=O)O. The Hall–Kier alpha value is -1.10. The van der Waals surface area contributed by atoms with Gasteiger partial charge in [0.05, 0.1) is 0 Å². The van der Waals surface area contributed by atoms with Crippen molar-refractivity contribution in [2.75, 3.05) is 6.61 Å². The zero-order valence-corrected chi connectivity index (χ0v) is 9.19. The van der Waals surface area contributed by atoms with E-state index in [2.05, 4.69) is 5.32 Å². The summed E-state index contributed by atoms with van der Waals surface area (Å²) in [5.41, 5.74) is 0. The Morgan fingerprint density at radius 1 is 1.33 bits per heavy atom. The van der Waals surface area contributed by atoms with Crippen LogP contribution in [0.5, 0.6) is 0 Å². The van der Waals surface area contributed by atoms with E-state index in [0.29, 0.717) is 0 Å². The van der Waals surface area contributed by atoms with Crippen molar-refractivity contribution in [1.82, 2.24) is 5.32 Å². The van der Waals surface area contributed by atoms with Crippen LogP contribution in [0.25, 0.3) is 0 Å². The van der Waals surface area contributed by atoms with Crippen LogP contribution in [0.1, 0.15) is 33.1 Å². The van der Waals surface area contributed by atoms with E-state index in [-0.39, 0.29) is 24.9 Å². The molecule has 15 heavy (non-hydrogen) atoms. The smallest absolute Gasteiger partial charge is 0.326 e. The van der Waals surface area contributed by atoms with E-state index in [1.807, 2.05) is 6.92 Å². The first-order valence-corrected chi connectivity index (χ1v) is 5.17. The molecule has 0 bridgehead atoms. The Morgan fingerprint density at radius 3 is 2.33 bits per heavy atom. The van der Waals surface area contributed by atoms with Crippen LogP contribution in [0.4, 0.5) is 0 Å². The Kier molecular flexibility index (Phi) is 6.70. The van der Waals surface area contributed by atoms with Gasteiger partial charge in [-0.1, -0.05) is 20.3 Å². The molecule has 5 nitrogen and oxygen atoms in total. The van der Waals surface area contributed by atoms with Gasteiger partial charge in [-0.25, -0.2) is 4.79 Å². The largest absolute Gasteiger partial charge is 0.480 e. The van der Waals surface area contributed by atoms with E-state index >= 15 is 0 Å². The number of hydrogen-bond acceptors (Lipinski definition) is 3. The third-order valence-corrected chi connectivity index (χ3v) is 2.20. The second-order valence-electron chi connectivity index (χ2n) is 3.60. The molecule has 0 aliphatic carbocycles. The van der Waals surface area contributed by atoms with E-state index in [9.17, 15) is 9.59 Å². The molecule has 0 aliphatic heterocycles. The Morgan fingerprint density at radius 2 is 1.93 bits per heavy atom. The van der Waals surface area contributed by atoms with Crippen molar-refractivity contribution in [2.45, 2.75) is 39.2 Å². The van der Waals surface area contributed by atoms with Crippen molar-refractivity contribution in [3.63, 3.8) is 0 Å². The average molecular weight is 217 g/mol. The van der Waals surface area contributed by atoms with Crippen LogP contribution in [-0.2, 0) is 9.59 Å². The van der Waals surface area contributed by atoms with E-state index < -0.39 is 12.0 Å². The number of carboxylic acids is 1. The summed E-state index contributed by atoms with van der Waals surface area (Å²) in [7, 11) is 0. The van der Waals surface area contributed by atoms with Crippen LogP contribution in [0.2, 0.25) is 0 Å². The molecule has 0 aliphatic rings. The lowest BCUT2D eigenvalue weighted by atomic mass is 10.0. The Bertz CT molecular complexity index is 217. The minimum atomic E-state index is -1.11. The Balaban J connectivity index is 4.15. The van der Waals surface area contributed by atoms with Crippen LogP contribution in [0.15, 0.2) is 0 Å². The average Bonchev–Trinajstić information content (AvgIpc) is 2.17. The first kappa shape index (κ1) is 13.9. The fraction of sp³-hybridized carbons (Fsp3) is 0.800. The summed E-state index contributed by atoms with van der Waals surface area (Å²) in [4.78, 5) is 22.1. The van der Waals surface area contributed by atoms with E-state index in [4.69, 9.17) is 10.2 Å². The highest BCUT2D eigenvalue weighted by Crippen LogP contribution is 2.05. The van der Waals surface area contributed by atoms with Crippen molar-refractivity contribution in [2.24, 2.45) is 5.92 Å². The fourth-order valence-electron chi connectivity index (χ4n) is 1.26.